The van der Waals surface area contributed by atoms with Crippen LogP contribution >= 0.6 is 11.3 Å². The zero-order valence-electron chi connectivity index (χ0n) is 32.7. The number of hydrogen-bond acceptors (Lipinski definition) is 5. The first-order valence-corrected chi connectivity index (χ1v) is 20.4. The highest BCUT2D eigenvalue weighted by Crippen LogP contribution is 2.51. The molecule has 0 N–H and O–H groups in total. The highest BCUT2D eigenvalue weighted by atomic mass is 32.1. The molecule has 0 spiro atoms. The molecule has 10 rings (SSSR count). The van der Waals surface area contributed by atoms with Crippen LogP contribution in [-0.4, -0.2) is 6.71 Å². The first-order chi connectivity index (χ1) is 27.1. The van der Waals surface area contributed by atoms with Crippen LogP contribution in [0.25, 0.3) is 10.1 Å². The molecule has 0 bridgehead atoms. The van der Waals surface area contributed by atoms with Gasteiger partial charge in [0, 0.05) is 50.1 Å². The SMILES string of the molecule is CC(C)(C)c1ccc(N2c3cc(N(c4ccccc4)c4ccccc4)cc4c3B(c3occ(C(C)(C)C)c32)c2c(ccc3ccsc23)N4c2ccccc2)cc1. The van der Waals surface area contributed by atoms with Crippen LogP contribution < -0.4 is 31.3 Å². The largest absolute Gasteiger partial charge is 0.476 e. The number of furan rings is 1. The van der Waals surface area contributed by atoms with E-state index in [1.807, 2.05) is 17.6 Å². The lowest BCUT2D eigenvalue weighted by atomic mass is 9.35. The summed E-state index contributed by atoms with van der Waals surface area (Å²) in [5.74, 6) is 0. The fraction of sp³-hybridized carbons (Fsp3) is 0.160. The minimum absolute atomic E-state index is 0.0276. The molecule has 0 unspecified atom stereocenters. The van der Waals surface area contributed by atoms with Crippen LogP contribution in [0.3, 0.4) is 0 Å². The maximum Gasteiger partial charge on any atom is 0.298 e. The molecule has 0 fully saturated rings. The lowest BCUT2D eigenvalue weighted by Crippen LogP contribution is -2.61. The first-order valence-electron chi connectivity index (χ1n) is 19.5. The Morgan fingerprint density at radius 1 is 0.554 bits per heavy atom. The first kappa shape index (κ1) is 34.5. The van der Waals surface area contributed by atoms with Crippen molar-refractivity contribution in [1.29, 1.82) is 0 Å². The van der Waals surface area contributed by atoms with Crippen LogP contribution in [0.2, 0.25) is 0 Å². The summed E-state index contributed by atoms with van der Waals surface area (Å²) in [5, 5.41) is 3.48. The second kappa shape index (κ2) is 12.8. The molecule has 4 heterocycles. The van der Waals surface area contributed by atoms with Gasteiger partial charge in [-0.05, 0) is 111 Å². The van der Waals surface area contributed by atoms with E-state index in [0.29, 0.717) is 0 Å². The number of thiophene rings is 1. The van der Waals surface area contributed by atoms with Crippen molar-refractivity contribution in [1.82, 2.24) is 0 Å². The van der Waals surface area contributed by atoms with Crippen LogP contribution in [0, 0.1) is 0 Å². The number of fused-ring (bicyclic) bond motifs is 6. The van der Waals surface area contributed by atoms with Crippen molar-refractivity contribution in [2.45, 2.75) is 52.4 Å². The van der Waals surface area contributed by atoms with Crippen LogP contribution in [-0.2, 0) is 10.8 Å². The Labute approximate surface area is 334 Å². The zero-order valence-corrected chi connectivity index (χ0v) is 33.6. The highest BCUT2D eigenvalue weighted by molar-refractivity contribution is 7.20. The lowest BCUT2D eigenvalue weighted by molar-refractivity contribution is 0.552. The number of anilines is 9. The van der Waals surface area contributed by atoms with E-state index < -0.39 is 0 Å². The molecule has 0 saturated heterocycles. The topological polar surface area (TPSA) is 22.9 Å². The summed E-state index contributed by atoms with van der Waals surface area (Å²) >= 11 is 1.82. The fourth-order valence-electron chi connectivity index (χ4n) is 8.75. The van der Waals surface area contributed by atoms with E-state index >= 15 is 0 Å². The maximum atomic E-state index is 6.97. The van der Waals surface area contributed by atoms with Gasteiger partial charge in [-0.1, -0.05) is 114 Å². The summed E-state index contributed by atoms with van der Waals surface area (Å²) < 4.78 is 8.26. The van der Waals surface area contributed by atoms with Gasteiger partial charge in [0.1, 0.15) is 0 Å². The summed E-state index contributed by atoms with van der Waals surface area (Å²) in [6.07, 6.45) is 2.03. The molecule has 8 aromatic rings. The standard InChI is InChI=1S/C50H44BN3OS/c1-49(2,3)34-23-25-38(26-24-34)54-43-31-39(52(35-16-10-7-11-17-35)36-18-12-8-13-19-36)30-42-44(43)51(48-46(54)40(32-55-48)50(4,5)6)45-41(27-22-33-28-29-56-47(33)45)53(42)37-20-14-9-15-21-37/h7-32H,1-6H3. The van der Waals surface area contributed by atoms with Gasteiger partial charge in [0.25, 0.3) is 6.71 Å². The van der Waals surface area contributed by atoms with Gasteiger partial charge in [0.15, 0.2) is 0 Å². The molecule has 2 aromatic heterocycles. The molecule has 6 aromatic carbocycles. The van der Waals surface area contributed by atoms with Crippen LogP contribution in [0.1, 0.15) is 52.7 Å². The van der Waals surface area contributed by atoms with Crippen molar-refractivity contribution in [3.8, 4) is 0 Å². The molecule has 56 heavy (non-hydrogen) atoms. The molecular weight excluding hydrogens is 701 g/mol. The van der Waals surface area contributed by atoms with E-state index in [1.54, 1.807) is 0 Å². The molecule has 6 heteroatoms. The average Bonchev–Trinajstić information content (AvgIpc) is 3.87. The van der Waals surface area contributed by atoms with Crippen molar-refractivity contribution in [3.63, 3.8) is 0 Å². The molecule has 0 amide bonds. The third-order valence-electron chi connectivity index (χ3n) is 11.4. The molecule has 0 radical (unpaired) electrons. The Hall–Kier alpha value is -5.98. The van der Waals surface area contributed by atoms with E-state index in [-0.39, 0.29) is 17.5 Å². The molecule has 2 aliphatic heterocycles. The number of hydrogen-bond donors (Lipinski definition) is 0. The minimum Gasteiger partial charge on any atom is -0.476 e. The third kappa shape index (κ3) is 5.42. The predicted octanol–water partition coefficient (Wildman–Crippen LogP) is 12.6. The van der Waals surface area contributed by atoms with Crippen LogP contribution in [0.4, 0.5) is 51.2 Å². The quantitative estimate of drug-likeness (QED) is 0.164. The molecule has 0 atom stereocenters. The molecule has 0 aliphatic carbocycles. The Morgan fingerprint density at radius 2 is 1.14 bits per heavy atom. The number of para-hydroxylation sites is 3. The average molecular weight is 746 g/mol. The van der Waals surface area contributed by atoms with Gasteiger partial charge >= 0.3 is 0 Å². The fourth-order valence-corrected chi connectivity index (χ4v) is 9.72. The highest BCUT2D eigenvalue weighted by Gasteiger charge is 2.49. The van der Waals surface area contributed by atoms with Gasteiger partial charge in [0.05, 0.1) is 23.3 Å². The molecule has 4 nitrogen and oxygen atoms in total. The number of benzene rings is 6. The molecule has 274 valence electrons. The summed E-state index contributed by atoms with van der Waals surface area (Å²) in [7, 11) is 0. The van der Waals surface area contributed by atoms with Gasteiger partial charge in [-0.3, -0.25) is 0 Å². The van der Waals surface area contributed by atoms with Gasteiger partial charge in [0.2, 0.25) is 0 Å². The second-order valence-corrected chi connectivity index (χ2v) is 18.0. The normalized spacial score (nSPS) is 13.4. The van der Waals surface area contributed by atoms with E-state index in [1.165, 1.54) is 37.8 Å². The van der Waals surface area contributed by atoms with Crippen molar-refractivity contribution >= 4 is 95.9 Å². The molecular formula is C50H44BN3OS. The Morgan fingerprint density at radius 3 is 1.75 bits per heavy atom. The van der Waals surface area contributed by atoms with Gasteiger partial charge < -0.3 is 19.1 Å². The second-order valence-electron chi connectivity index (χ2n) is 17.1. The van der Waals surface area contributed by atoms with Crippen molar-refractivity contribution in [2.24, 2.45) is 0 Å². The summed E-state index contributed by atoms with van der Waals surface area (Å²) in [6, 6.07) is 53.2. The monoisotopic (exact) mass is 745 g/mol. The van der Waals surface area contributed by atoms with Gasteiger partial charge in [-0.25, -0.2) is 0 Å². The third-order valence-corrected chi connectivity index (χ3v) is 12.4. The summed E-state index contributed by atoms with van der Waals surface area (Å²) in [4.78, 5) is 7.38. The van der Waals surface area contributed by atoms with Gasteiger partial charge in [-0.15, -0.1) is 11.3 Å². The smallest absolute Gasteiger partial charge is 0.298 e. The Balaban J connectivity index is 1.36. The van der Waals surface area contributed by atoms with E-state index in [0.717, 1.165) is 51.2 Å². The van der Waals surface area contributed by atoms with Crippen molar-refractivity contribution in [3.05, 3.63) is 168 Å². The number of nitrogens with zero attached hydrogens (tertiary/aromatic N) is 3. The predicted molar refractivity (Wildman–Crippen MR) is 240 cm³/mol. The molecule has 2 aliphatic rings. The van der Waals surface area contributed by atoms with E-state index in [4.69, 9.17) is 4.42 Å². The van der Waals surface area contributed by atoms with Crippen LogP contribution in [0.5, 0.6) is 0 Å². The molecule has 0 saturated carbocycles. The van der Waals surface area contributed by atoms with Crippen molar-refractivity contribution < 1.29 is 4.42 Å². The van der Waals surface area contributed by atoms with E-state index in [9.17, 15) is 0 Å². The maximum absolute atomic E-state index is 6.97. The summed E-state index contributed by atoms with van der Waals surface area (Å²) in [5.41, 5.74) is 16.0. The van der Waals surface area contributed by atoms with Crippen molar-refractivity contribution in [2.75, 3.05) is 14.7 Å². The van der Waals surface area contributed by atoms with Crippen LogP contribution in [0.15, 0.2) is 162 Å². The van der Waals surface area contributed by atoms with Gasteiger partial charge in [-0.2, -0.15) is 0 Å². The lowest BCUT2D eigenvalue weighted by Gasteiger charge is -2.44. The zero-order chi connectivity index (χ0) is 38.3. The number of rotatable bonds is 5. The summed E-state index contributed by atoms with van der Waals surface area (Å²) in [6.45, 7) is 13.6. The minimum atomic E-state index is -0.179. The Kier molecular flexibility index (Phi) is 7.88. The van der Waals surface area contributed by atoms with E-state index in [2.05, 4.69) is 207 Å². The Bertz CT molecular complexity index is 2690.